The molecule has 100 valence electrons. The number of urea groups is 1. The normalized spacial score (nSPS) is 47.6. The van der Waals surface area contributed by atoms with E-state index in [2.05, 4.69) is 0 Å². The maximum Gasteiger partial charge on any atom is 0.328 e. The molecule has 3 saturated heterocycles. The Balaban J connectivity index is 1.82. The second-order valence-electron chi connectivity index (χ2n) is 4.81. The number of fused-ring (bicyclic) bond motifs is 1. The molecule has 0 spiro atoms. The molecule has 0 saturated carbocycles. The highest BCUT2D eigenvalue weighted by Gasteiger charge is 2.57. The smallest absolute Gasteiger partial charge is 0.328 e. The third-order valence-electron chi connectivity index (χ3n) is 3.56. The number of imide groups is 1. The summed E-state index contributed by atoms with van der Waals surface area (Å²) in [5, 5.41) is 1.79. The molecule has 0 bridgehead atoms. The van der Waals surface area contributed by atoms with Gasteiger partial charge < -0.3 is 9.47 Å². The molecule has 0 aromatic carbocycles. The van der Waals surface area contributed by atoms with Gasteiger partial charge in [-0.15, -0.1) is 0 Å². The lowest BCUT2D eigenvalue weighted by Crippen LogP contribution is -2.67. The third kappa shape index (κ3) is 1.45. The van der Waals surface area contributed by atoms with Crippen molar-refractivity contribution in [1.29, 1.82) is 0 Å². The van der Waals surface area contributed by atoms with Crippen molar-refractivity contribution in [3.05, 3.63) is 0 Å². The Hall–Kier alpha value is -1.28. The molecule has 0 radical (unpaired) electrons. The van der Waals surface area contributed by atoms with Gasteiger partial charge in [-0.3, -0.25) is 15.0 Å². The number of rotatable bonds is 1. The van der Waals surface area contributed by atoms with E-state index in [1.54, 1.807) is 5.32 Å². The summed E-state index contributed by atoms with van der Waals surface area (Å²) in [6.45, 7) is 1.19. The van der Waals surface area contributed by atoms with Gasteiger partial charge in [0.25, 0.3) is 5.91 Å². The largest absolute Gasteiger partial charge is 0.372 e. The van der Waals surface area contributed by atoms with Crippen LogP contribution in [0.15, 0.2) is 0 Å². The van der Waals surface area contributed by atoms with Crippen LogP contribution >= 0.6 is 0 Å². The highest BCUT2D eigenvalue weighted by Crippen LogP contribution is 2.37. The first kappa shape index (κ1) is 11.8. The summed E-state index contributed by atoms with van der Waals surface area (Å²) < 4.78 is 38.4. The van der Waals surface area contributed by atoms with Crippen LogP contribution in [0.25, 0.3) is 0 Å². The van der Waals surface area contributed by atoms with Crippen molar-refractivity contribution in [3.8, 4) is 0 Å². The number of nitrogens with one attached hydrogen (secondary N) is 1. The molecule has 5 atom stereocenters. The number of hydrogen-bond donors (Lipinski definition) is 1. The van der Waals surface area contributed by atoms with Crippen molar-refractivity contribution in [3.63, 3.8) is 0 Å². The van der Waals surface area contributed by atoms with Gasteiger partial charge in [0.15, 0.2) is 0 Å². The van der Waals surface area contributed by atoms with Gasteiger partial charge in [0, 0.05) is 6.42 Å². The molecule has 8 heteroatoms. The van der Waals surface area contributed by atoms with E-state index in [0.717, 1.165) is 6.92 Å². The molecule has 0 aliphatic carbocycles. The monoisotopic (exact) mass is 262 g/mol. The fraction of sp³-hybridized carbons (Fsp3) is 0.800. The van der Waals surface area contributed by atoms with Gasteiger partial charge in [-0.25, -0.2) is 13.6 Å². The fourth-order valence-electron chi connectivity index (χ4n) is 2.33. The molecule has 3 amide bonds. The molecule has 3 aliphatic rings. The van der Waals surface area contributed by atoms with Crippen LogP contribution in [0.5, 0.6) is 0 Å². The average Bonchev–Trinajstić information content (AvgIpc) is 2.54. The summed E-state index contributed by atoms with van der Waals surface area (Å²) in [7, 11) is 0. The molecular weight excluding hydrogens is 250 g/mol. The molecule has 0 aromatic heterocycles. The summed E-state index contributed by atoms with van der Waals surface area (Å²) in [6, 6.07) is -0.978. The number of amides is 3. The minimum atomic E-state index is -2.78. The Bertz CT molecular complexity index is 405. The zero-order valence-electron chi connectivity index (χ0n) is 9.56. The van der Waals surface area contributed by atoms with Crippen molar-refractivity contribution in [2.45, 2.75) is 43.7 Å². The van der Waals surface area contributed by atoms with Crippen LogP contribution in [-0.4, -0.2) is 53.8 Å². The maximum atomic E-state index is 14.0. The van der Waals surface area contributed by atoms with Crippen molar-refractivity contribution < 1.29 is 27.8 Å². The summed E-state index contributed by atoms with van der Waals surface area (Å²) in [5.74, 6) is -1.27. The van der Waals surface area contributed by atoms with E-state index >= 15 is 0 Å². The van der Waals surface area contributed by atoms with Gasteiger partial charge in [0.1, 0.15) is 12.3 Å². The number of carbonyl (C=O) groups is 2. The molecular formula is C10H12F2N2O4. The van der Waals surface area contributed by atoms with Crippen LogP contribution < -0.4 is 5.32 Å². The minimum absolute atomic E-state index is 0.182. The third-order valence-corrected chi connectivity index (χ3v) is 3.56. The highest BCUT2D eigenvalue weighted by molar-refractivity contribution is 6.01. The lowest BCUT2D eigenvalue weighted by atomic mass is 10.0. The van der Waals surface area contributed by atoms with Gasteiger partial charge in [0.05, 0.1) is 12.7 Å². The number of halogens is 2. The first-order chi connectivity index (χ1) is 8.41. The van der Waals surface area contributed by atoms with Crippen LogP contribution in [0.3, 0.4) is 0 Å². The standard InChI is InChI=1S/C10H12F2N2O4/c1-10(12)7(11)14(9(16)13-8(10)15)6-2-4-5(18-6)3-17-4/h4-7H,2-3H2,1H3,(H,13,15,16)/t4-,5-,6-,7+,10+/m1/s1. The van der Waals surface area contributed by atoms with Crippen LogP contribution in [0.4, 0.5) is 13.6 Å². The molecule has 0 unspecified atom stereocenters. The van der Waals surface area contributed by atoms with Crippen LogP contribution in [0.1, 0.15) is 13.3 Å². The molecule has 3 heterocycles. The Morgan fingerprint density at radius 3 is 2.67 bits per heavy atom. The quantitative estimate of drug-likeness (QED) is 0.679. The second kappa shape index (κ2) is 3.61. The van der Waals surface area contributed by atoms with E-state index in [-0.39, 0.29) is 18.6 Å². The summed E-state index contributed by atoms with van der Waals surface area (Å²) in [5.41, 5.74) is -2.78. The van der Waals surface area contributed by atoms with E-state index in [4.69, 9.17) is 9.47 Å². The van der Waals surface area contributed by atoms with Crippen molar-refractivity contribution in [2.24, 2.45) is 0 Å². The number of ether oxygens (including phenoxy) is 2. The average molecular weight is 262 g/mol. The predicted molar refractivity (Wildman–Crippen MR) is 52.8 cm³/mol. The van der Waals surface area contributed by atoms with E-state index in [1.165, 1.54) is 0 Å². The lowest BCUT2D eigenvalue weighted by Gasteiger charge is -2.39. The number of nitrogens with zero attached hydrogens (tertiary/aromatic N) is 1. The predicted octanol–water partition coefficient (Wildman–Crippen LogP) is 0.0758. The molecule has 3 fully saturated rings. The van der Waals surface area contributed by atoms with E-state index in [9.17, 15) is 18.4 Å². The SMILES string of the molecule is C[C@@]1(F)C(=O)NC(=O)N([C@H]2C[C@H]3OC[C@H]3O2)[C@@H]1F. The van der Waals surface area contributed by atoms with Crippen molar-refractivity contribution >= 4 is 11.9 Å². The van der Waals surface area contributed by atoms with E-state index < -0.39 is 30.1 Å². The molecule has 0 aromatic rings. The zero-order valence-corrected chi connectivity index (χ0v) is 9.56. The number of alkyl halides is 2. The molecule has 3 aliphatic heterocycles. The zero-order chi connectivity index (χ0) is 13.1. The number of carbonyl (C=O) groups excluding carboxylic acids is 2. The summed E-state index contributed by atoms with van der Waals surface area (Å²) >= 11 is 0. The molecule has 6 nitrogen and oxygen atoms in total. The van der Waals surface area contributed by atoms with Gasteiger partial charge in [-0.2, -0.15) is 0 Å². The van der Waals surface area contributed by atoms with Gasteiger partial charge >= 0.3 is 6.03 Å². The van der Waals surface area contributed by atoms with Gasteiger partial charge in [-0.05, 0) is 6.92 Å². The molecule has 18 heavy (non-hydrogen) atoms. The Morgan fingerprint density at radius 1 is 1.44 bits per heavy atom. The van der Waals surface area contributed by atoms with Crippen molar-refractivity contribution in [2.75, 3.05) is 6.61 Å². The van der Waals surface area contributed by atoms with Crippen molar-refractivity contribution in [1.82, 2.24) is 10.2 Å². The van der Waals surface area contributed by atoms with Crippen LogP contribution in [-0.2, 0) is 14.3 Å². The molecule has 3 rings (SSSR count). The van der Waals surface area contributed by atoms with E-state index in [1.807, 2.05) is 0 Å². The Morgan fingerprint density at radius 2 is 2.17 bits per heavy atom. The molecule has 1 N–H and O–H groups in total. The van der Waals surface area contributed by atoms with Gasteiger partial charge in [0.2, 0.25) is 12.0 Å². The summed E-state index contributed by atoms with van der Waals surface area (Å²) in [6.07, 6.45) is -3.35. The Kier molecular flexibility index (Phi) is 2.36. The maximum absolute atomic E-state index is 14.0. The van der Waals surface area contributed by atoms with Crippen LogP contribution in [0, 0.1) is 0 Å². The van der Waals surface area contributed by atoms with Gasteiger partial charge in [-0.1, -0.05) is 0 Å². The minimum Gasteiger partial charge on any atom is -0.372 e. The second-order valence-corrected chi connectivity index (χ2v) is 4.81. The van der Waals surface area contributed by atoms with Crippen LogP contribution in [0.2, 0.25) is 0 Å². The first-order valence-corrected chi connectivity index (χ1v) is 5.65. The summed E-state index contributed by atoms with van der Waals surface area (Å²) in [4.78, 5) is 23.4. The van der Waals surface area contributed by atoms with E-state index in [0.29, 0.717) is 11.5 Å². The fourth-order valence-corrected chi connectivity index (χ4v) is 2.33. The number of hydrogen-bond acceptors (Lipinski definition) is 4. The highest BCUT2D eigenvalue weighted by atomic mass is 19.2. The topological polar surface area (TPSA) is 67.9 Å². The lowest BCUT2D eigenvalue weighted by molar-refractivity contribution is -0.176. The first-order valence-electron chi connectivity index (χ1n) is 5.65. The Labute approximate surface area is 101 Å².